The molecule has 2 aromatic heterocycles. The Balaban J connectivity index is 2.34. The third kappa shape index (κ3) is 3.55. The number of hydrogen-bond donors (Lipinski definition) is 1. The third-order valence-corrected chi connectivity index (χ3v) is 4.64. The molecule has 0 aliphatic carbocycles. The Kier molecular flexibility index (Phi) is 4.26. The number of aryl methyl sites for hydroxylation is 2. The highest BCUT2D eigenvalue weighted by Crippen LogP contribution is 2.22. The molecule has 10 heteroatoms. The molecule has 2 rings (SSSR count). The van der Waals surface area contributed by atoms with Gasteiger partial charge in [0, 0.05) is 11.1 Å². The Labute approximate surface area is 130 Å². The molecule has 0 atom stereocenters. The summed E-state index contributed by atoms with van der Waals surface area (Å²) in [7, 11) is -3.62. The van der Waals surface area contributed by atoms with Crippen LogP contribution in [0.2, 0.25) is 5.02 Å². The lowest BCUT2D eigenvalue weighted by molar-refractivity contribution is 0.102. The maximum atomic E-state index is 12.1. The van der Waals surface area contributed by atoms with Gasteiger partial charge in [0.05, 0.1) is 16.9 Å². The van der Waals surface area contributed by atoms with Crippen molar-refractivity contribution in [1.29, 1.82) is 0 Å². The number of hydrogen-bond acceptors (Lipinski definition) is 7. The van der Waals surface area contributed by atoms with Gasteiger partial charge in [0.1, 0.15) is 0 Å². The van der Waals surface area contributed by atoms with E-state index in [0.717, 1.165) is 23.0 Å². The number of nitrogens with zero attached hydrogens (tertiary/aromatic N) is 3. The number of sulfone groups is 1. The van der Waals surface area contributed by atoms with Crippen LogP contribution >= 0.6 is 22.9 Å². The lowest BCUT2D eigenvalue weighted by Crippen LogP contribution is -2.17. The second kappa shape index (κ2) is 5.66. The zero-order valence-electron chi connectivity index (χ0n) is 11.3. The average Bonchev–Trinajstić information content (AvgIpc) is 2.67. The Bertz CT molecular complexity index is 797. The van der Waals surface area contributed by atoms with E-state index in [1.165, 1.54) is 11.3 Å². The van der Waals surface area contributed by atoms with E-state index >= 15 is 0 Å². The number of amides is 1. The van der Waals surface area contributed by atoms with Gasteiger partial charge in [0.2, 0.25) is 15.0 Å². The lowest BCUT2D eigenvalue weighted by Gasteiger charge is -2.04. The zero-order chi connectivity index (χ0) is 15.8. The summed E-state index contributed by atoms with van der Waals surface area (Å²) in [6, 6.07) is 0. The zero-order valence-corrected chi connectivity index (χ0v) is 13.7. The molecule has 0 saturated heterocycles. The molecule has 2 heterocycles. The predicted octanol–water partition coefficient (Wildman–Crippen LogP) is 1.86. The number of nitrogens with one attached hydrogen (secondary N) is 1. The summed E-state index contributed by atoms with van der Waals surface area (Å²) in [6.07, 6.45) is 2.03. The summed E-state index contributed by atoms with van der Waals surface area (Å²) in [6.45, 7) is 3.70. The first-order chi connectivity index (χ1) is 9.68. The second-order valence-electron chi connectivity index (χ2n) is 4.24. The predicted molar refractivity (Wildman–Crippen MR) is 79.7 cm³/mol. The van der Waals surface area contributed by atoms with E-state index in [9.17, 15) is 13.2 Å². The fourth-order valence-corrected chi connectivity index (χ4v) is 2.86. The van der Waals surface area contributed by atoms with Crippen LogP contribution in [0.15, 0.2) is 11.4 Å². The van der Waals surface area contributed by atoms with E-state index < -0.39 is 20.9 Å². The van der Waals surface area contributed by atoms with Gasteiger partial charge in [-0.1, -0.05) is 11.6 Å². The summed E-state index contributed by atoms with van der Waals surface area (Å²) in [5, 5.41) is 2.44. The fourth-order valence-electron chi connectivity index (χ4n) is 1.37. The van der Waals surface area contributed by atoms with Crippen molar-refractivity contribution in [2.45, 2.75) is 19.0 Å². The van der Waals surface area contributed by atoms with Crippen molar-refractivity contribution in [1.82, 2.24) is 15.0 Å². The summed E-state index contributed by atoms with van der Waals surface area (Å²) < 4.78 is 22.8. The highest BCUT2D eigenvalue weighted by Gasteiger charge is 2.19. The number of halogens is 1. The van der Waals surface area contributed by atoms with Crippen molar-refractivity contribution in [3.8, 4) is 0 Å². The summed E-state index contributed by atoms with van der Waals surface area (Å²) in [5.41, 5.74) is 0.596. The fraction of sp³-hybridized carbons (Fsp3) is 0.273. The van der Waals surface area contributed by atoms with Crippen LogP contribution in [-0.2, 0) is 9.84 Å². The molecule has 0 bridgehead atoms. The average molecular weight is 347 g/mol. The minimum Gasteiger partial charge on any atom is -0.296 e. The minimum absolute atomic E-state index is 0.0371. The summed E-state index contributed by atoms with van der Waals surface area (Å²) in [5.74, 6) is -0.638. The molecule has 0 saturated carbocycles. The summed E-state index contributed by atoms with van der Waals surface area (Å²) >= 11 is 7.15. The molecule has 0 aliphatic rings. The molecule has 2 aromatic rings. The van der Waals surface area contributed by atoms with Crippen molar-refractivity contribution in [2.75, 3.05) is 11.6 Å². The largest absolute Gasteiger partial charge is 0.296 e. The van der Waals surface area contributed by atoms with Gasteiger partial charge in [-0.25, -0.2) is 23.4 Å². The quantitative estimate of drug-likeness (QED) is 0.851. The van der Waals surface area contributed by atoms with E-state index in [4.69, 9.17) is 11.6 Å². The van der Waals surface area contributed by atoms with Crippen LogP contribution in [0.25, 0.3) is 0 Å². The normalized spacial score (nSPS) is 11.4. The first kappa shape index (κ1) is 15.8. The molecule has 0 aromatic carbocycles. The Morgan fingerprint density at radius 2 is 2.00 bits per heavy atom. The topological polar surface area (TPSA) is 102 Å². The van der Waals surface area contributed by atoms with Gasteiger partial charge in [-0.3, -0.25) is 10.1 Å². The van der Waals surface area contributed by atoms with Gasteiger partial charge >= 0.3 is 0 Å². The highest BCUT2D eigenvalue weighted by atomic mass is 35.5. The molecule has 0 radical (unpaired) electrons. The third-order valence-electron chi connectivity index (χ3n) is 2.52. The number of anilines is 1. The maximum Gasteiger partial charge on any atom is 0.277 e. The van der Waals surface area contributed by atoms with Gasteiger partial charge in [-0.05, 0) is 13.8 Å². The molecule has 0 fully saturated rings. The number of carbonyl (C=O) groups excluding carboxylic acids is 1. The standard InChI is InChI=1S/C11H11ClN4O3S2/c1-5-6(2)20-10(14-5)16-9(17)8-7(12)4-13-11(15-8)21(3,18)19/h4H,1-3H3,(H,14,16,17). The van der Waals surface area contributed by atoms with E-state index in [-0.39, 0.29) is 10.7 Å². The van der Waals surface area contributed by atoms with Gasteiger partial charge in [-0.15, -0.1) is 11.3 Å². The molecule has 1 amide bonds. The van der Waals surface area contributed by atoms with Gasteiger partial charge in [-0.2, -0.15) is 0 Å². The number of thiazole rings is 1. The summed E-state index contributed by atoms with van der Waals surface area (Å²) in [4.78, 5) is 24.5. The Morgan fingerprint density at radius 3 is 2.52 bits per heavy atom. The van der Waals surface area contributed by atoms with Crippen molar-refractivity contribution in [3.63, 3.8) is 0 Å². The molecule has 0 aliphatic heterocycles. The SMILES string of the molecule is Cc1nc(NC(=O)c2nc(S(C)(=O)=O)ncc2Cl)sc1C. The molecular formula is C11H11ClN4O3S2. The first-order valence-corrected chi connectivity index (χ1v) is 8.75. The molecule has 7 nitrogen and oxygen atoms in total. The minimum atomic E-state index is -3.62. The molecule has 0 unspecified atom stereocenters. The number of carbonyl (C=O) groups is 1. The van der Waals surface area contributed by atoms with Crippen LogP contribution in [0.5, 0.6) is 0 Å². The van der Waals surface area contributed by atoms with Crippen molar-refractivity contribution in [2.24, 2.45) is 0 Å². The van der Waals surface area contributed by atoms with Crippen molar-refractivity contribution < 1.29 is 13.2 Å². The smallest absolute Gasteiger partial charge is 0.277 e. The van der Waals surface area contributed by atoms with Crippen molar-refractivity contribution in [3.05, 3.63) is 27.5 Å². The first-order valence-electron chi connectivity index (χ1n) is 5.66. The van der Waals surface area contributed by atoms with E-state index in [1.807, 2.05) is 13.8 Å². The van der Waals surface area contributed by atoms with E-state index in [0.29, 0.717) is 5.13 Å². The Hall–Kier alpha value is -1.58. The lowest BCUT2D eigenvalue weighted by atomic mass is 10.4. The molecule has 21 heavy (non-hydrogen) atoms. The molecule has 112 valence electrons. The Morgan fingerprint density at radius 1 is 1.33 bits per heavy atom. The second-order valence-corrected chi connectivity index (χ2v) is 7.76. The molecular weight excluding hydrogens is 336 g/mol. The maximum absolute atomic E-state index is 12.1. The van der Waals surface area contributed by atoms with E-state index in [2.05, 4.69) is 20.3 Å². The van der Waals surface area contributed by atoms with Crippen LogP contribution in [0.4, 0.5) is 5.13 Å². The van der Waals surface area contributed by atoms with Gasteiger partial charge < -0.3 is 0 Å². The molecule has 0 spiro atoms. The highest BCUT2D eigenvalue weighted by molar-refractivity contribution is 7.90. The van der Waals surface area contributed by atoms with Crippen molar-refractivity contribution >= 4 is 43.8 Å². The van der Waals surface area contributed by atoms with Gasteiger partial charge in [0.25, 0.3) is 5.91 Å². The van der Waals surface area contributed by atoms with Crippen LogP contribution in [0.3, 0.4) is 0 Å². The van der Waals surface area contributed by atoms with Crippen LogP contribution in [-0.4, -0.2) is 35.5 Å². The van der Waals surface area contributed by atoms with E-state index in [1.54, 1.807) is 0 Å². The van der Waals surface area contributed by atoms with Crippen LogP contribution < -0.4 is 5.32 Å². The number of rotatable bonds is 3. The van der Waals surface area contributed by atoms with Crippen LogP contribution in [0.1, 0.15) is 21.1 Å². The van der Waals surface area contributed by atoms with Crippen LogP contribution in [0, 0.1) is 13.8 Å². The van der Waals surface area contributed by atoms with Gasteiger partial charge in [0.15, 0.2) is 10.8 Å². The monoisotopic (exact) mass is 346 g/mol. The number of aromatic nitrogens is 3. The molecule has 1 N–H and O–H groups in total.